The Morgan fingerprint density at radius 3 is 2.84 bits per heavy atom. The smallest absolute Gasteiger partial charge is 0.327 e. The Labute approximate surface area is 117 Å². The first-order valence-electron chi connectivity index (χ1n) is 6.29. The molecule has 2 rings (SSSR count). The van der Waals surface area contributed by atoms with Crippen LogP contribution in [0.25, 0.3) is 10.9 Å². The van der Waals surface area contributed by atoms with E-state index in [0.717, 1.165) is 23.0 Å². The van der Waals surface area contributed by atoms with Crippen molar-refractivity contribution in [2.24, 2.45) is 5.73 Å². The van der Waals surface area contributed by atoms with Gasteiger partial charge in [-0.25, -0.2) is 4.79 Å². The topological polar surface area (TPSA) is 57.2 Å². The van der Waals surface area contributed by atoms with E-state index in [4.69, 9.17) is 22.1 Å². The highest BCUT2D eigenvalue weighted by Gasteiger charge is 2.21. The van der Waals surface area contributed by atoms with E-state index in [1.165, 1.54) is 0 Å². The second-order valence-electron chi connectivity index (χ2n) is 4.26. The Bertz CT molecular complexity index is 607. The quantitative estimate of drug-likeness (QED) is 0.876. The third kappa shape index (κ3) is 2.60. The fourth-order valence-corrected chi connectivity index (χ4v) is 2.33. The number of carbonyl (C=O) groups is 1. The minimum absolute atomic E-state index is 0.324. The summed E-state index contributed by atoms with van der Waals surface area (Å²) in [6, 6.07) is 4.79. The van der Waals surface area contributed by atoms with Crippen molar-refractivity contribution in [1.29, 1.82) is 0 Å². The van der Waals surface area contributed by atoms with Crippen LogP contribution in [0, 0.1) is 0 Å². The van der Waals surface area contributed by atoms with Crippen LogP contribution in [0.2, 0.25) is 5.02 Å². The standard InChI is InChI=1S/C14H17ClN2O2/c1-3-17-8-11(13(16)14(18)19-4-2)10-6-5-9(15)7-12(10)17/h5-8,13H,3-4,16H2,1-2H3. The summed E-state index contributed by atoms with van der Waals surface area (Å²) in [6.45, 7) is 4.90. The van der Waals surface area contributed by atoms with Gasteiger partial charge in [-0.1, -0.05) is 17.7 Å². The number of esters is 1. The van der Waals surface area contributed by atoms with E-state index in [0.29, 0.717) is 11.6 Å². The maximum atomic E-state index is 11.8. The molecular formula is C14H17ClN2O2. The molecule has 1 atom stereocenters. The molecule has 0 fully saturated rings. The van der Waals surface area contributed by atoms with Gasteiger partial charge in [-0.3, -0.25) is 0 Å². The molecule has 0 spiro atoms. The zero-order chi connectivity index (χ0) is 14.0. The van der Waals surface area contributed by atoms with Crippen LogP contribution in [0.5, 0.6) is 0 Å². The van der Waals surface area contributed by atoms with Crippen LogP contribution < -0.4 is 5.73 Å². The largest absolute Gasteiger partial charge is 0.465 e. The molecule has 19 heavy (non-hydrogen) atoms. The fraction of sp³-hybridized carbons (Fsp3) is 0.357. The molecule has 0 aliphatic rings. The molecule has 1 aromatic carbocycles. The van der Waals surface area contributed by atoms with Crippen LogP contribution in [0.15, 0.2) is 24.4 Å². The molecule has 102 valence electrons. The van der Waals surface area contributed by atoms with E-state index in [-0.39, 0.29) is 0 Å². The van der Waals surface area contributed by atoms with Gasteiger partial charge in [0.2, 0.25) is 0 Å². The summed E-state index contributed by atoms with van der Waals surface area (Å²) in [4.78, 5) is 11.8. The van der Waals surface area contributed by atoms with E-state index in [9.17, 15) is 4.79 Å². The van der Waals surface area contributed by atoms with Crippen molar-refractivity contribution in [2.45, 2.75) is 26.4 Å². The first kappa shape index (κ1) is 13.9. The SMILES string of the molecule is CCOC(=O)C(N)c1cn(CC)c2cc(Cl)ccc12. The molecule has 2 N–H and O–H groups in total. The molecule has 1 aromatic heterocycles. The summed E-state index contributed by atoms with van der Waals surface area (Å²) >= 11 is 6.01. The molecule has 0 radical (unpaired) electrons. The van der Waals surface area contributed by atoms with Gasteiger partial charge in [0.05, 0.1) is 6.61 Å². The number of hydrogen-bond donors (Lipinski definition) is 1. The van der Waals surface area contributed by atoms with E-state index in [2.05, 4.69) is 0 Å². The maximum absolute atomic E-state index is 11.8. The van der Waals surface area contributed by atoms with Crippen LogP contribution >= 0.6 is 11.6 Å². The second-order valence-corrected chi connectivity index (χ2v) is 4.70. The van der Waals surface area contributed by atoms with Gasteiger partial charge in [0.1, 0.15) is 6.04 Å². The Hall–Kier alpha value is -1.52. The average molecular weight is 281 g/mol. The highest BCUT2D eigenvalue weighted by atomic mass is 35.5. The van der Waals surface area contributed by atoms with Crippen LogP contribution in [-0.2, 0) is 16.1 Å². The number of aryl methyl sites for hydroxylation is 1. The predicted molar refractivity (Wildman–Crippen MR) is 76.2 cm³/mol. The van der Waals surface area contributed by atoms with Crippen molar-refractivity contribution in [3.63, 3.8) is 0 Å². The number of fused-ring (bicyclic) bond motifs is 1. The minimum atomic E-state index is -0.767. The summed E-state index contributed by atoms with van der Waals surface area (Å²) in [5, 5.41) is 1.60. The highest BCUT2D eigenvalue weighted by molar-refractivity contribution is 6.31. The van der Waals surface area contributed by atoms with Crippen LogP contribution in [0.4, 0.5) is 0 Å². The van der Waals surface area contributed by atoms with Crippen LogP contribution in [0.3, 0.4) is 0 Å². The molecule has 0 saturated heterocycles. The molecular weight excluding hydrogens is 264 g/mol. The summed E-state index contributed by atoms with van der Waals surface area (Å²) < 4.78 is 7.00. The van der Waals surface area contributed by atoms with Crippen molar-refractivity contribution < 1.29 is 9.53 Å². The van der Waals surface area contributed by atoms with Crippen molar-refractivity contribution in [3.05, 3.63) is 35.0 Å². The van der Waals surface area contributed by atoms with Crippen molar-refractivity contribution in [2.75, 3.05) is 6.61 Å². The molecule has 0 aliphatic heterocycles. The van der Waals surface area contributed by atoms with E-state index in [1.54, 1.807) is 13.0 Å². The average Bonchev–Trinajstić information content (AvgIpc) is 2.76. The number of nitrogens with two attached hydrogens (primary N) is 1. The van der Waals surface area contributed by atoms with Gasteiger partial charge in [0, 0.05) is 34.2 Å². The first-order valence-corrected chi connectivity index (χ1v) is 6.66. The number of halogens is 1. The molecule has 1 heterocycles. The summed E-state index contributed by atoms with van der Waals surface area (Å²) in [6.07, 6.45) is 1.89. The third-order valence-electron chi connectivity index (χ3n) is 3.09. The van der Waals surface area contributed by atoms with Crippen molar-refractivity contribution in [1.82, 2.24) is 4.57 Å². The van der Waals surface area contributed by atoms with E-state index >= 15 is 0 Å². The Morgan fingerprint density at radius 2 is 2.21 bits per heavy atom. The molecule has 2 aromatic rings. The number of aromatic nitrogens is 1. The summed E-state index contributed by atoms with van der Waals surface area (Å²) in [5.74, 6) is -0.410. The third-order valence-corrected chi connectivity index (χ3v) is 3.33. The summed E-state index contributed by atoms with van der Waals surface area (Å²) in [7, 11) is 0. The highest BCUT2D eigenvalue weighted by Crippen LogP contribution is 2.28. The van der Waals surface area contributed by atoms with E-state index < -0.39 is 12.0 Å². The van der Waals surface area contributed by atoms with Gasteiger partial charge in [-0.15, -0.1) is 0 Å². The van der Waals surface area contributed by atoms with Crippen LogP contribution in [-0.4, -0.2) is 17.1 Å². The fourth-order valence-electron chi connectivity index (χ4n) is 2.16. The van der Waals surface area contributed by atoms with Gasteiger partial charge < -0.3 is 15.0 Å². The number of hydrogen-bond acceptors (Lipinski definition) is 3. The number of carbonyl (C=O) groups excluding carboxylic acids is 1. The lowest BCUT2D eigenvalue weighted by Gasteiger charge is -2.09. The first-order chi connectivity index (χ1) is 9.08. The van der Waals surface area contributed by atoms with Gasteiger partial charge in [0.25, 0.3) is 0 Å². The molecule has 5 heteroatoms. The number of rotatable bonds is 4. The molecule has 4 nitrogen and oxygen atoms in total. The van der Waals surface area contributed by atoms with Gasteiger partial charge in [-0.2, -0.15) is 0 Å². The summed E-state index contributed by atoms with van der Waals surface area (Å²) in [5.41, 5.74) is 7.72. The molecule has 0 bridgehead atoms. The Balaban J connectivity index is 2.52. The lowest BCUT2D eigenvalue weighted by molar-refractivity contribution is -0.144. The Morgan fingerprint density at radius 1 is 1.47 bits per heavy atom. The monoisotopic (exact) mass is 280 g/mol. The number of ether oxygens (including phenoxy) is 1. The lowest BCUT2D eigenvalue weighted by Crippen LogP contribution is -2.23. The van der Waals surface area contributed by atoms with Gasteiger partial charge >= 0.3 is 5.97 Å². The normalized spacial score (nSPS) is 12.6. The zero-order valence-corrected chi connectivity index (χ0v) is 11.8. The molecule has 1 unspecified atom stereocenters. The number of nitrogens with zero attached hydrogens (tertiary/aromatic N) is 1. The Kier molecular flexibility index (Phi) is 4.12. The molecule has 0 saturated carbocycles. The molecule has 0 aliphatic carbocycles. The number of benzene rings is 1. The van der Waals surface area contributed by atoms with Gasteiger partial charge in [-0.05, 0) is 26.0 Å². The predicted octanol–water partition coefficient (Wildman–Crippen LogP) is 2.88. The van der Waals surface area contributed by atoms with E-state index in [1.807, 2.05) is 29.8 Å². The lowest BCUT2D eigenvalue weighted by atomic mass is 10.1. The second kappa shape index (κ2) is 5.63. The zero-order valence-electron chi connectivity index (χ0n) is 11.0. The molecule has 0 amide bonds. The minimum Gasteiger partial charge on any atom is -0.465 e. The van der Waals surface area contributed by atoms with Crippen molar-refractivity contribution >= 4 is 28.5 Å². The maximum Gasteiger partial charge on any atom is 0.327 e. The van der Waals surface area contributed by atoms with Crippen LogP contribution in [0.1, 0.15) is 25.5 Å². The van der Waals surface area contributed by atoms with Gasteiger partial charge in [0.15, 0.2) is 0 Å². The van der Waals surface area contributed by atoms with Crippen molar-refractivity contribution in [3.8, 4) is 0 Å².